The fourth-order valence-electron chi connectivity index (χ4n) is 2.93. The fraction of sp³-hybridized carbons (Fsp3) is 0.227. The van der Waals surface area contributed by atoms with Crippen LogP contribution < -0.4 is 15.6 Å². The number of hydrazine groups is 1. The number of hydrogen-bond donors (Lipinski definition) is 2. The molecule has 0 bridgehead atoms. The summed E-state index contributed by atoms with van der Waals surface area (Å²) in [6, 6.07) is 17.3. The number of carbonyl (C=O) groups is 2. The van der Waals surface area contributed by atoms with Crippen molar-refractivity contribution < 1.29 is 18.8 Å². The summed E-state index contributed by atoms with van der Waals surface area (Å²) in [5.74, 6) is 0.546. The molecule has 1 heterocycles. The van der Waals surface area contributed by atoms with Gasteiger partial charge in [-0.25, -0.2) is 0 Å². The van der Waals surface area contributed by atoms with Gasteiger partial charge in [0.25, 0.3) is 5.91 Å². The molecule has 0 saturated heterocycles. The first-order valence-electron chi connectivity index (χ1n) is 9.31. The number of hydrogen-bond acceptors (Lipinski definition) is 5. The van der Waals surface area contributed by atoms with E-state index in [4.69, 9.17) is 9.26 Å². The predicted molar refractivity (Wildman–Crippen MR) is 108 cm³/mol. The molecule has 29 heavy (non-hydrogen) atoms. The van der Waals surface area contributed by atoms with Crippen LogP contribution in [-0.4, -0.2) is 23.6 Å². The normalized spacial score (nSPS) is 10.4. The van der Waals surface area contributed by atoms with Crippen molar-refractivity contribution in [3.63, 3.8) is 0 Å². The smallest absolute Gasteiger partial charge is 0.276 e. The van der Waals surface area contributed by atoms with Gasteiger partial charge in [-0.2, -0.15) is 0 Å². The number of nitrogens with zero attached hydrogens (tertiary/aromatic N) is 1. The van der Waals surface area contributed by atoms with Gasteiger partial charge < -0.3 is 9.26 Å². The van der Waals surface area contributed by atoms with Gasteiger partial charge >= 0.3 is 0 Å². The van der Waals surface area contributed by atoms with E-state index in [1.165, 1.54) is 0 Å². The minimum atomic E-state index is -0.446. The van der Waals surface area contributed by atoms with Gasteiger partial charge in [-0.05, 0) is 31.9 Å². The molecule has 0 saturated carbocycles. The molecule has 0 radical (unpaired) electrons. The standard InChI is InChI=1S/C22H23N3O4/c1-15-18(16(2)29-25-15)12-13-21(26)23-24-22(27)14-28-20-11-7-6-10-19(20)17-8-4-3-5-9-17/h3-11H,12-14H2,1-2H3,(H,23,26)(H,24,27). The molecule has 0 aliphatic heterocycles. The SMILES string of the molecule is Cc1noc(C)c1CCC(=O)NNC(=O)COc1ccccc1-c1ccccc1. The third-order valence-corrected chi connectivity index (χ3v) is 4.46. The minimum Gasteiger partial charge on any atom is -0.483 e. The minimum absolute atomic E-state index is 0.209. The van der Waals surface area contributed by atoms with Crippen LogP contribution in [0.1, 0.15) is 23.4 Å². The van der Waals surface area contributed by atoms with E-state index in [-0.39, 0.29) is 18.9 Å². The van der Waals surface area contributed by atoms with Gasteiger partial charge in [0.05, 0.1) is 5.69 Å². The number of para-hydroxylation sites is 1. The molecule has 0 atom stereocenters. The van der Waals surface area contributed by atoms with Gasteiger partial charge in [0.2, 0.25) is 5.91 Å². The molecule has 0 aliphatic rings. The second-order valence-corrected chi connectivity index (χ2v) is 6.55. The number of ether oxygens (including phenoxy) is 1. The number of aromatic nitrogens is 1. The molecule has 7 heteroatoms. The summed E-state index contributed by atoms with van der Waals surface area (Å²) in [6.07, 6.45) is 0.699. The summed E-state index contributed by atoms with van der Waals surface area (Å²) in [7, 11) is 0. The lowest BCUT2D eigenvalue weighted by molar-refractivity contribution is -0.130. The van der Waals surface area contributed by atoms with Crippen LogP contribution in [0.25, 0.3) is 11.1 Å². The van der Waals surface area contributed by atoms with E-state index in [9.17, 15) is 9.59 Å². The number of amides is 2. The van der Waals surface area contributed by atoms with Crippen LogP contribution >= 0.6 is 0 Å². The summed E-state index contributed by atoms with van der Waals surface area (Å²) >= 11 is 0. The number of aryl methyl sites for hydroxylation is 2. The van der Waals surface area contributed by atoms with Gasteiger partial charge in [0.15, 0.2) is 6.61 Å². The van der Waals surface area contributed by atoms with Crippen LogP contribution in [0, 0.1) is 13.8 Å². The van der Waals surface area contributed by atoms with E-state index >= 15 is 0 Å². The maximum atomic E-state index is 12.0. The predicted octanol–water partition coefficient (Wildman–Crippen LogP) is 3.12. The highest BCUT2D eigenvalue weighted by Gasteiger charge is 2.12. The Morgan fingerprint density at radius 2 is 1.66 bits per heavy atom. The zero-order chi connectivity index (χ0) is 20.6. The Hall–Kier alpha value is -3.61. The van der Waals surface area contributed by atoms with Crippen LogP contribution in [0.3, 0.4) is 0 Å². The van der Waals surface area contributed by atoms with Crippen LogP contribution in [-0.2, 0) is 16.0 Å². The number of nitrogens with one attached hydrogen (secondary N) is 2. The molecule has 2 aromatic carbocycles. The van der Waals surface area contributed by atoms with Gasteiger partial charge in [-0.15, -0.1) is 0 Å². The van der Waals surface area contributed by atoms with Crippen molar-refractivity contribution >= 4 is 11.8 Å². The van der Waals surface area contributed by atoms with Crippen LogP contribution in [0.15, 0.2) is 59.1 Å². The van der Waals surface area contributed by atoms with Crippen molar-refractivity contribution in [3.8, 4) is 16.9 Å². The lowest BCUT2D eigenvalue weighted by Gasteiger charge is -2.12. The van der Waals surface area contributed by atoms with E-state index < -0.39 is 5.91 Å². The lowest BCUT2D eigenvalue weighted by Crippen LogP contribution is -2.43. The van der Waals surface area contributed by atoms with E-state index in [0.29, 0.717) is 17.9 Å². The zero-order valence-electron chi connectivity index (χ0n) is 16.4. The monoisotopic (exact) mass is 393 g/mol. The molecule has 0 unspecified atom stereocenters. The Kier molecular flexibility index (Phi) is 6.63. The van der Waals surface area contributed by atoms with E-state index in [1.54, 1.807) is 13.0 Å². The van der Waals surface area contributed by atoms with Gasteiger partial charge in [0, 0.05) is 17.5 Å². The van der Waals surface area contributed by atoms with Crippen molar-refractivity contribution in [3.05, 3.63) is 71.6 Å². The quantitative estimate of drug-likeness (QED) is 0.602. The molecule has 2 amide bonds. The summed E-state index contributed by atoms with van der Waals surface area (Å²) < 4.78 is 10.7. The molecule has 7 nitrogen and oxygen atoms in total. The Labute approximate surface area is 169 Å². The van der Waals surface area contributed by atoms with Crippen molar-refractivity contribution in [2.75, 3.05) is 6.61 Å². The van der Waals surface area contributed by atoms with Crippen LogP contribution in [0.2, 0.25) is 0 Å². The largest absolute Gasteiger partial charge is 0.483 e. The molecule has 0 fully saturated rings. The molecule has 150 valence electrons. The maximum Gasteiger partial charge on any atom is 0.276 e. The summed E-state index contributed by atoms with van der Waals surface area (Å²) in [5, 5.41) is 3.86. The topological polar surface area (TPSA) is 93.5 Å². The van der Waals surface area contributed by atoms with E-state index in [2.05, 4.69) is 16.0 Å². The van der Waals surface area contributed by atoms with Gasteiger partial charge in [-0.1, -0.05) is 53.7 Å². The fourth-order valence-corrected chi connectivity index (χ4v) is 2.93. The summed E-state index contributed by atoms with van der Waals surface area (Å²) in [4.78, 5) is 24.0. The van der Waals surface area contributed by atoms with E-state index in [1.807, 2.05) is 55.5 Å². The molecule has 3 rings (SSSR count). The molecule has 3 aromatic rings. The second kappa shape index (κ2) is 9.54. The highest BCUT2D eigenvalue weighted by Crippen LogP contribution is 2.29. The Bertz CT molecular complexity index is 963. The third kappa shape index (κ3) is 5.44. The summed E-state index contributed by atoms with van der Waals surface area (Å²) in [6.45, 7) is 3.42. The van der Waals surface area contributed by atoms with Crippen molar-refractivity contribution in [1.29, 1.82) is 0 Å². The molecular formula is C22H23N3O4. The molecular weight excluding hydrogens is 370 g/mol. The van der Waals surface area contributed by atoms with E-state index in [0.717, 1.165) is 22.4 Å². The molecule has 0 aliphatic carbocycles. The van der Waals surface area contributed by atoms with Crippen LogP contribution in [0.4, 0.5) is 0 Å². The maximum absolute atomic E-state index is 12.0. The van der Waals surface area contributed by atoms with Crippen LogP contribution in [0.5, 0.6) is 5.75 Å². The van der Waals surface area contributed by atoms with Gasteiger partial charge in [0.1, 0.15) is 11.5 Å². The zero-order valence-corrected chi connectivity index (χ0v) is 16.4. The van der Waals surface area contributed by atoms with Crippen molar-refractivity contribution in [1.82, 2.24) is 16.0 Å². The Balaban J connectivity index is 1.47. The first-order valence-corrected chi connectivity index (χ1v) is 9.31. The first-order chi connectivity index (χ1) is 14.0. The number of carbonyl (C=O) groups excluding carboxylic acids is 2. The first kappa shape index (κ1) is 20.1. The molecule has 0 spiro atoms. The third-order valence-electron chi connectivity index (χ3n) is 4.46. The average Bonchev–Trinajstić information content (AvgIpc) is 3.07. The number of benzene rings is 2. The molecule has 2 N–H and O–H groups in total. The second-order valence-electron chi connectivity index (χ2n) is 6.55. The van der Waals surface area contributed by atoms with Crippen molar-refractivity contribution in [2.45, 2.75) is 26.7 Å². The van der Waals surface area contributed by atoms with Gasteiger partial charge in [-0.3, -0.25) is 20.4 Å². The molecule has 1 aromatic heterocycles. The average molecular weight is 393 g/mol. The highest BCUT2D eigenvalue weighted by atomic mass is 16.5. The highest BCUT2D eigenvalue weighted by molar-refractivity contribution is 5.83. The number of rotatable bonds is 7. The van der Waals surface area contributed by atoms with Crippen molar-refractivity contribution in [2.24, 2.45) is 0 Å². The lowest BCUT2D eigenvalue weighted by atomic mass is 10.1. The Morgan fingerprint density at radius 3 is 2.38 bits per heavy atom. The Morgan fingerprint density at radius 1 is 0.966 bits per heavy atom. The summed E-state index contributed by atoms with van der Waals surface area (Å²) in [5.41, 5.74) is 8.33.